The second kappa shape index (κ2) is 4.33. The van der Waals surface area contributed by atoms with Crippen molar-refractivity contribution < 1.29 is 9.90 Å². The van der Waals surface area contributed by atoms with Gasteiger partial charge in [0.25, 0.3) is 0 Å². The second-order valence-corrected chi connectivity index (χ2v) is 4.97. The van der Waals surface area contributed by atoms with Crippen molar-refractivity contribution in [3.63, 3.8) is 0 Å². The highest BCUT2D eigenvalue weighted by atomic mass is 32.1. The van der Waals surface area contributed by atoms with Gasteiger partial charge in [0.1, 0.15) is 0 Å². The molecule has 1 heterocycles. The summed E-state index contributed by atoms with van der Waals surface area (Å²) >= 11 is 1.70. The maximum Gasteiger partial charge on any atom is 0.317 e. The SMILES string of the molecule is CC(c1cccs1)N(CC(=O)O)C1CC1. The van der Waals surface area contributed by atoms with E-state index >= 15 is 0 Å². The molecule has 1 saturated carbocycles. The zero-order chi connectivity index (χ0) is 10.8. The Labute approximate surface area is 93.3 Å². The van der Waals surface area contributed by atoms with Gasteiger partial charge in [0, 0.05) is 17.0 Å². The highest BCUT2D eigenvalue weighted by Crippen LogP contribution is 2.35. The van der Waals surface area contributed by atoms with Crippen LogP contribution in [0.3, 0.4) is 0 Å². The van der Waals surface area contributed by atoms with Gasteiger partial charge in [0.15, 0.2) is 0 Å². The van der Waals surface area contributed by atoms with Crippen LogP contribution in [0.1, 0.15) is 30.7 Å². The molecule has 0 spiro atoms. The van der Waals surface area contributed by atoms with Crippen LogP contribution in [0.15, 0.2) is 17.5 Å². The normalized spacial score (nSPS) is 18.0. The summed E-state index contributed by atoms with van der Waals surface area (Å²) in [6.45, 7) is 2.25. The molecule has 4 heteroatoms. The number of carboxylic acids is 1. The Bertz CT molecular complexity index is 332. The van der Waals surface area contributed by atoms with Crippen LogP contribution in [0.5, 0.6) is 0 Å². The Hall–Kier alpha value is -0.870. The van der Waals surface area contributed by atoms with Crippen LogP contribution in [-0.2, 0) is 4.79 Å². The third-order valence-electron chi connectivity index (χ3n) is 2.79. The van der Waals surface area contributed by atoms with Crippen LogP contribution in [-0.4, -0.2) is 28.6 Å². The first-order valence-corrected chi connectivity index (χ1v) is 6.07. The van der Waals surface area contributed by atoms with Gasteiger partial charge in [-0.3, -0.25) is 9.69 Å². The first-order valence-electron chi connectivity index (χ1n) is 5.19. The zero-order valence-corrected chi connectivity index (χ0v) is 9.54. The molecule has 0 saturated heterocycles. The van der Waals surface area contributed by atoms with Crippen LogP contribution >= 0.6 is 11.3 Å². The number of hydrogen-bond donors (Lipinski definition) is 1. The minimum absolute atomic E-state index is 0.156. The van der Waals surface area contributed by atoms with Crippen molar-refractivity contribution in [2.24, 2.45) is 0 Å². The first kappa shape index (κ1) is 10.6. The van der Waals surface area contributed by atoms with E-state index in [9.17, 15) is 4.79 Å². The number of rotatable bonds is 5. The molecule has 0 aromatic carbocycles. The van der Waals surface area contributed by atoms with Crippen LogP contribution < -0.4 is 0 Å². The molecule has 2 rings (SSSR count). The summed E-state index contributed by atoms with van der Waals surface area (Å²) in [5.74, 6) is -0.731. The minimum atomic E-state index is -0.731. The van der Waals surface area contributed by atoms with Gasteiger partial charge in [-0.05, 0) is 31.2 Å². The third kappa shape index (κ3) is 2.58. The monoisotopic (exact) mass is 225 g/mol. The lowest BCUT2D eigenvalue weighted by Crippen LogP contribution is -2.33. The van der Waals surface area contributed by atoms with Crippen molar-refractivity contribution in [3.8, 4) is 0 Å². The Morgan fingerprint density at radius 1 is 1.73 bits per heavy atom. The molecule has 1 N–H and O–H groups in total. The van der Waals surface area contributed by atoms with Crippen molar-refractivity contribution in [2.75, 3.05) is 6.54 Å². The smallest absolute Gasteiger partial charge is 0.317 e. The molecule has 0 radical (unpaired) electrons. The van der Waals surface area contributed by atoms with Gasteiger partial charge >= 0.3 is 5.97 Å². The molecule has 0 bridgehead atoms. The number of thiophene rings is 1. The molecule has 1 fully saturated rings. The van der Waals surface area contributed by atoms with E-state index in [1.165, 1.54) is 4.88 Å². The minimum Gasteiger partial charge on any atom is -0.480 e. The van der Waals surface area contributed by atoms with Gasteiger partial charge in [-0.25, -0.2) is 0 Å². The lowest BCUT2D eigenvalue weighted by Gasteiger charge is -2.26. The van der Waals surface area contributed by atoms with Gasteiger partial charge < -0.3 is 5.11 Å². The molecule has 0 aliphatic heterocycles. The van der Waals surface area contributed by atoms with E-state index in [0.717, 1.165) is 12.8 Å². The second-order valence-electron chi connectivity index (χ2n) is 3.99. The Morgan fingerprint density at radius 2 is 2.47 bits per heavy atom. The number of aliphatic carboxylic acids is 1. The van der Waals surface area contributed by atoms with Crippen LogP contribution in [0.4, 0.5) is 0 Å². The fourth-order valence-corrected chi connectivity index (χ4v) is 2.64. The molecule has 1 aliphatic rings. The number of hydrogen-bond acceptors (Lipinski definition) is 3. The lowest BCUT2D eigenvalue weighted by atomic mass is 10.2. The Balaban J connectivity index is 2.07. The lowest BCUT2D eigenvalue weighted by molar-refractivity contribution is -0.139. The maximum atomic E-state index is 10.8. The largest absolute Gasteiger partial charge is 0.480 e. The highest BCUT2D eigenvalue weighted by Gasteiger charge is 2.34. The molecular weight excluding hydrogens is 210 g/mol. The molecule has 1 atom stereocenters. The van der Waals surface area contributed by atoms with Gasteiger partial charge in [0.2, 0.25) is 0 Å². The quantitative estimate of drug-likeness (QED) is 0.836. The third-order valence-corrected chi connectivity index (χ3v) is 3.83. The summed E-state index contributed by atoms with van der Waals surface area (Å²) in [5.41, 5.74) is 0. The summed E-state index contributed by atoms with van der Waals surface area (Å²) in [5, 5.41) is 10.9. The average molecular weight is 225 g/mol. The summed E-state index contributed by atoms with van der Waals surface area (Å²) in [6.07, 6.45) is 2.28. The van der Waals surface area contributed by atoms with Crippen LogP contribution in [0, 0.1) is 0 Å². The number of carbonyl (C=O) groups is 1. The van der Waals surface area contributed by atoms with Crippen molar-refractivity contribution in [2.45, 2.75) is 31.8 Å². The van der Waals surface area contributed by atoms with Crippen molar-refractivity contribution in [1.29, 1.82) is 0 Å². The molecular formula is C11H15NO2S. The van der Waals surface area contributed by atoms with E-state index < -0.39 is 5.97 Å². The zero-order valence-electron chi connectivity index (χ0n) is 8.72. The Kier molecular flexibility index (Phi) is 3.07. The topological polar surface area (TPSA) is 40.5 Å². The van der Waals surface area contributed by atoms with Crippen molar-refractivity contribution in [3.05, 3.63) is 22.4 Å². The van der Waals surface area contributed by atoms with E-state index in [1.807, 2.05) is 11.4 Å². The molecule has 1 aromatic heterocycles. The van der Waals surface area contributed by atoms with Gasteiger partial charge in [-0.2, -0.15) is 0 Å². The highest BCUT2D eigenvalue weighted by molar-refractivity contribution is 7.10. The molecule has 82 valence electrons. The number of nitrogens with zero attached hydrogens (tertiary/aromatic N) is 1. The summed E-state index contributed by atoms with van der Waals surface area (Å²) < 4.78 is 0. The predicted octanol–water partition coefficient (Wildman–Crippen LogP) is 2.36. The van der Waals surface area contributed by atoms with E-state index in [1.54, 1.807) is 11.3 Å². The van der Waals surface area contributed by atoms with Crippen molar-refractivity contribution >= 4 is 17.3 Å². The van der Waals surface area contributed by atoms with E-state index in [-0.39, 0.29) is 12.6 Å². The molecule has 15 heavy (non-hydrogen) atoms. The van der Waals surface area contributed by atoms with E-state index in [4.69, 9.17) is 5.11 Å². The standard InChI is InChI=1S/C11H15NO2S/c1-8(10-3-2-6-15-10)12(7-11(13)14)9-4-5-9/h2-3,6,8-9H,4-5,7H2,1H3,(H,13,14). The molecule has 1 aliphatic carbocycles. The van der Waals surface area contributed by atoms with Crippen LogP contribution in [0.2, 0.25) is 0 Å². The predicted molar refractivity (Wildman–Crippen MR) is 60.1 cm³/mol. The Morgan fingerprint density at radius 3 is 2.93 bits per heavy atom. The van der Waals surface area contributed by atoms with E-state index in [2.05, 4.69) is 17.9 Å². The summed E-state index contributed by atoms with van der Waals surface area (Å²) in [7, 11) is 0. The van der Waals surface area contributed by atoms with Crippen molar-refractivity contribution in [1.82, 2.24) is 4.90 Å². The van der Waals surface area contributed by atoms with Gasteiger partial charge in [0.05, 0.1) is 6.54 Å². The molecule has 1 unspecified atom stereocenters. The first-order chi connectivity index (χ1) is 7.18. The summed E-state index contributed by atoms with van der Waals surface area (Å²) in [6, 6.07) is 4.81. The van der Waals surface area contributed by atoms with Crippen LogP contribution in [0.25, 0.3) is 0 Å². The van der Waals surface area contributed by atoms with E-state index in [0.29, 0.717) is 6.04 Å². The summed E-state index contributed by atoms with van der Waals surface area (Å²) in [4.78, 5) is 14.1. The fraction of sp³-hybridized carbons (Fsp3) is 0.545. The fourth-order valence-electron chi connectivity index (χ4n) is 1.84. The molecule has 1 aromatic rings. The number of carboxylic acid groups (broad SMARTS) is 1. The van der Waals surface area contributed by atoms with Gasteiger partial charge in [-0.15, -0.1) is 11.3 Å². The molecule has 3 nitrogen and oxygen atoms in total. The van der Waals surface area contributed by atoms with Gasteiger partial charge in [-0.1, -0.05) is 6.07 Å². The average Bonchev–Trinajstić information content (AvgIpc) is 2.88. The maximum absolute atomic E-state index is 10.8. The molecule has 0 amide bonds.